The van der Waals surface area contributed by atoms with E-state index in [4.69, 9.17) is 38.4 Å². The average Bonchev–Trinajstić information content (AvgIpc) is 2.13. The van der Waals surface area contributed by atoms with Crippen LogP contribution in [-0.4, -0.2) is 37.0 Å². The minimum absolute atomic E-state index is 0.132. The first kappa shape index (κ1) is 17.2. The Balaban J connectivity index is 3.63. The van der Waals surface area contributed by atoms with Crippen molar-refractivity contribution in [3.63, 3.8) is 0 Å². The van der Waals surface area contributed by atoms with Gasteiger partial charge in [0.15, 0.2) is 0 Å². The highest BCUT2D eigenvalue weighted by Crippen LogP contribution is 2.35. The predicted molar refractivity (Wildman–Crippen MR) is 65.0 cm³/mol. The van der Waals surface area contributed by atoms with Crippen LogP contribution >= 0.6 is 31.1 Å². The molecule has 6 nitrogen and oxygen atoms in total. The third-order valence-corrected chi connectivity index (χ3v) is 3.57. The molecule has 3 N–H and O–H groups in total. The lowest BCUT2D eigenvalue weighted by molar-refractivity contribution is -0.140. The Morgan fingerprint density at radius 1 is 1.18 bits per heavy atom. The second-order valence-corrected chi connectivity index (χ2v) is 6.38. The molecule has 102 valence electrons. The van der Waals surface area contributed by atoms with Crippen molar-refractivity contribution < 1.29 is 24.3 Å². The molecule has 0 radical (unpaired) electrons. The molecular weight excluding hydrogens is 292 g/mol. The Kier molecular flexibility index (Phi) is 8.37. The molecule has 0 aliphatic carbocycles. The highest BCUT2D eigenvalue weighted by Gasteiger charge is 2.22. The summed E-state index contributed by atoms with van der Waals surface area (Å²) in [4.78, 5) is 27.9. The first-order chi connectivity index (χ1) is 7.74. The van der Waals surface area contributed by atoms with E-state index < -0.39 is 19.6 Å². The fourth-order valence-corrected chi connectivity index (χ4v) is 2.31. The van der Waals surface area contributed by atoms with E-state index in [2.05, 4.69) is 0 Å². The quantitative estimate of drug-likeness (QED) is 0.343. The number of carboxylic acids is 1. The van der Waals surface area contributed by atoms with Gasteiger partial charge in [-0.1, -0.05) is 19.3 Å². The number of unbranched alkanes of at least 4 members (excludes halogenated alkanes) is 3. The lowest BCUT2D eigenvalue weighted by atomic mass is 10.1. The normalized spacial score (nSPS) is 13.9. The molecule has 9 heteroatoms. The zero-order valence-corrected chi connectivity index (χ0v) is 11.5. The molecule has 0 amide bonds. The monoisotopic (exact) mass is 307 g/mol. The van der Waals surface area contributed by atoms with E-state index in [1.165, 1.54) is 0 Å². The zero-order valence-electron chi connectivity index (χ0n) is 9.13. The van der Waals surface area contributed by atoms with Crippen molar-refractivity contribution in [1.29, 1.82) is 0 Å². The van der Waals surface area contributed by atoms with E-state index in [0.717, 1.165) is 0 Å². The van der Waals surface area contributed by atoms with Crippen LogP contribution < -0.4 is 0 Å². The molecule has 1 unspecified atom stereocenters. The van der Waals surface area contributed by atoms with Crippen LogP contribution in [-0.2, 0) is 9.36 Å². The average molecular weight is 308 g/mol. The maximum absolute atomic E-state index is 10.7. The van der Waals surface area contributed by atoms with E-state index in [-0.39, 0.29) is 6.16 Å². The Morgan fingerprint density at radius 2 is 1.71 bits per heavy atom. The molecule has 0 rings (SSSR count). The van der Waals surface area contributed by atoms with E-state index >= 15 is 0 Å². The van der Waals surface area contributed by atoms with E-state index in [1.54, 1.807) is 0 Å². The predicted octanol–water partition coefficient (Wildman–Crippen LogP) is 2.18. The third kappa shape index (κ3) is 9.83. The summed E-state index contributed by atoms with van der Waals surface area (Å²) in [6.45, 7) is 0. The Bertz CT molecular complexity index is 283. The highest BCUT2D eigenvalue weighted by molar-refractivity contribution is 7.51. The van der Waals surface area contributed by atoms with Gasteiger partial charge < -0.3 is 14.9 Å². The van der Waals surface area contributed by atoms with Gasteiger partial charge >= 0.3 is 13.6 Å². The first-order valence-corrected chi connectivity index (χ1v) is 7.59. The van der Waals surface area contributed by atoms with Gasteiger partial charge in [0, 0.05) is 6.16 Å². The minimum Gasteiger partial charge on any atom is -0.480 e. The number of rotatable bonds is 9. The highest BCUT2D eigenvalue weighted by atomic mass is 35.5. The molecule has 0 saturated heterocycles. The van der Waals surface area contributed by atoms with Crippen molar-refractivity contribution in [2.75, 3.05) is 6.16 Å². The lowest BCUT2D eigenvalue weighted by Crippen LogP contribution is -2.29. The summed E-state index contributed by atoms with van der Waals surface area (Å²) in [5.74, 6) is -1.09. The van der Waals surface area contributed by atoms with E-state index in [9.17, 15) is 9.36 Å². The van der Waals surface area contributed by atoms with E-state index in [1.807, 2.05) is 0 Å². The van der Waals surface area contributed by atoms with Gasteiger partial charge in [-0.3, -0.25) is 9.36 Å². The second kappa shape index (κ2) is 8.29. The van der Waals surface area contributed by atoms with Crippen molar-refractivity contribution in [3.05, 3.63) is 0 Å². The summed E-state index contributed by atoms with van der Waals surface area (Å²) in [5.41, 5.74) is 0. The molecule has 0 heterocycles. The molecular formula is C8H16Cl2NO5P. The van der Waals surface area contributed by atoms with Gasteiger partial charge in [-0.15, -0.1) is 3.94 Å². The summed E-state index contributed by atoms with van der Waals surface area (Å²) in [5, 5.41) is 8.74. The molecule has 0 aliphatic rings. The van der Waals surface area contributed by atoms with Crippen LogP contribution in [0.2, 0.25) is 0 Å². The smallest absolute Gasteiger partial charge is 0.325 e. The first-order valence-electron chi connectivity index (χ1n) is 5.12. The summed E-state index contributed by atoms with van der Waals surface area (Å²) in [7, 11) is -3.91. The third-order valence-electron chi connectivity index (χ3n) is 2.20. The van der Waals surface area contributed by atoms with Crippen LogP contribution in [0.4, 0.5) is 0 Å². The second-order valence-electron chi connectivity index (χ2n) is 3.70. The number of aliphatic carboxylic acids is 1. The fraction of sp³-hybridized carbons (Fsp3) is 0.875. The van der Waals surface area contributed by atoms with Crippen molar-refractivity contribution >= 4 is 37.1 Å². The number of nitrogens with zero attached hydrogens (tertiary/aromatic N) is 1. The van der Waals surface area contributed by atoms with Crippen LogP contribution in [0, 0.1) is 0 Å². The molecule has 0 spiro atoms. The standard InChI is InChI=1S/C8H16Cl2NO5P/c9-11(10)7(8(12)13)5-3-1-2-4-6-17(14,15)16/h7H,1-6H2,(H,12,13)(H2,14,15,16). The van der Waals surface area contributed by atoms with Gasteiger partial charge in [0.2, 0.25) is 0 Å². The molecule has 0 aromatic rings. The molecule has 1 atom stereocenters. The summed E-state index contributed by atoms with van der Waals surface area (Å²) < 4.78 is 11.1. The minimum atomic E-state index is -3.91. The zero-order chi connectivity index (χ0) is 13.5. The Morgan fingerprint density at radius 3 is 2.12 bits per heavy atom. The largest absolute Gasteiger partial charge is 0.480 e. The maximum atomic E-state index is 10.7. The van der Waals surface area contributed by atoms with Gasteiger partial charge in [-0.25, -0.2) is 0 Å². The summed E-state index contributed by atoms with van der Waals surface area (Å²) >= 11 is 10.7. The Hall–Kier alpha value is 0.160. The van der Waals surface area contributed by atoms with Crippen molar-refractivity contribution in [2.24, 2.45) is 0 Å². The van der Waals surface area contributed by atoms with Gasteiger partial charge in [0.05, 0.1) is 0 Å². The van der Waals surface area contributed by atoms with Gasteiger partial charge in [0.1, 0.15) is 6.04 Å². The molecule has 0 aliphatic heterocycles. The number of hydrogen-bond acceptors (Lipinski definition) is 3. The van der Waals surface area contributed by atoms with Crippen LogP contribution in [0.15, 0.2) is 0 Å². The fourth-order valence-electron chi connectivity index (χ4n) is 1.31. The molecule has 0 saturated carbocycles. The van der Waals surface area contributed by atoms with Crippen LogP contribution in [0.1, 0.15) is 32.1 Å². The molecule has 17 heavy (non-hydrogen) atoms. The topological polar surface area (TPSA) is 98.1 Å². The SMILES string of the molecule is O=C(O)C(CCCCCCP(=O)(O)O)N(Cl)Cl. The van der Waals surface area contributed by atoms with Gasteiger partial charge in [-0.2, -0.15) is 0 Å². The molecule has 0 fully saturated rings. The molecule has 0 aromatic heterocycles. The van der Waals surface area contributed by atoms with Crippen LogP contribution in [0.5, 0.6) is 0 Å². The number of carbonyl (C=O) groups is 1. The summed E-state index contributed by atoms with van der Waals surface area (Å²) in [6, 6.07) is -0.944. The number of hydrogen-bond donors (Lipinski definition) is 3. The molecule has 0 bridgehead atoms. The van der Waals surface area contributed by atoms with E-state index in [0.29, 0.717) is 36.0 Å². The van der Waals surface area contributed by atoms with Crippen molar-refractivity contribution in [3.8, 4) is 0 Å². The maximum Gasteiger partial charge on any atom is 0.325 e. The number of carboxylic acid groups (broad SMARTS) is 1. The van der Waals surface area contributed by atoms with Crippen molar-refractivity contribution in [1.82, 2.24) is 3.94 Å². The molecule has 0 aromatic carbocycles. The Labute approximate surface area is 110 Å². The van der Waals surface area contributed by atoms with Crippen molar-refractivity contribution in [2.45, 2.75) is 38.1 Å². The summed E-state index contributed by atoms with van der Waals surface area (Å²) in [6.07, 6.45) is 2.51. The van der Waals surface area contributed by atoms with Gasteiger partial charge in [-0.05, 0) is 36.4 Å². The van der Waals surface area contributed by atoms with Gasteiger partial charge in [0.25, 0.3) is 0 Å². The lowest BCUT2D eigenvalue weighted by Gasteiger charge is -2.14. The number of halogens is 2. The van der Waals surface area contributed by atoms with Crippen LogP contribution in [0.3, 0.4) is 0 Å². The van der Waals surface area contributed by atoms with Crippen LogP contribution in [0.25, 0.3) is 0 Å².